The predicted molar refractivity (Wildman–Crippen MR) is 63.8 cm³/mol. The molecular weight excluding hydrogens is 160 g/mol. The van der Waals surface area contributed by atoms with Gasteiger partial charge in [0.1, 0.15) is 0 Å². The van der Waals surface area contributed by atoms with E-state index in [-0.39, 0.29) is 9.75 Å². The van der Waals surface area contributed by atoms with Crippen LogP contribution in [0.4, 0.5) is 0 Å². The SMILES string of the molecule is [Li][CH2][C]([Li])(NC(C)(C)C)C1=CC=CC1. The van der Waals surface area contributed by atoms with Gasteiger partial charge in [-0.05, 0) is 0 Å². The molecule has 0 aromatic carbocycles. The van der Waals surface area contributed by atoms with Crippen LogP contribution in [0, 0.1) is 0 Å². The molecule has 0 saturated heterocycles. The zero-order valence-corrected chi connectivity index (χ0v) is 10.1. The van der Waals surface area contributed by atoms with Gasteiger partial charge in [0.15, 0.2) is 0 Å². The van der Waals surface area contributed by atoms with Gasteiger partial charge in [-0.2, -0.15) is 0 Å². The second kappa shape index (κ2) is 4.65. The van der Waals surface area contributed by atoms with Gasteiger partial charge in [-0.1, -0.05) is 0 Å². The van der Waals surface area contributed by atoms with Gasteiger partial charge in [0.25, 0.3) is 0 Å². The first kappa shape index (κ1) is 12.7. The Hall–Kier alpha value is 0.635. The van der Waals surface area contributed by atoms with Gasteiger partial charge >= 0.3 is 107 Å². The van der Waals surface area contributed by atoms with Crippen LogP contribution in [0.15, 0.2) is 23.8 Å². The van der Waals surface area contributed by atoms with Crippen molar-refractivity contribution in [2.45, 2.75) is 42.0 Å². The van der Waals surface area contributed by atoms with Crippen molar-refractivity contribution >= 4 is 35.4 Å². The first-order valence-electron chi connectivity index (χ1n) is 5.53. The Balaban J connectivity index is 2.76. The molecule has 0 saturated carbocycles. The van der Waals surface area contributed by atoms with E-state index < -0.39 is 0 Å². The second-order valence-electron chi connectivity index (χ2n) is 5.38. The Morgan fingerprint density at radius 3 is 2.43 bits per heavy atom. The molecule has 1 nitrogen and oxygen atoms in total. The van der Waals surface area contributed by atoms with Crippen molar-refractivity contribution in [1.29, 1.82) is 0 Å². The van der Waals surface area contributed by atoms with Gasteiger partial charge in [0, 0.05) is 0 Å². The number of hydrogen-bond donors (Lipinski definition) is 1. The second-order valence-corrected chi connectivity index (χ2v) is 5.38. The number of hydrogen-bond acceptors (Lipinski definition) is 1. The molecular formula is C11H17Li2N. The summed E-state index contributed by atoms with van der Waals surface area (Å²) >= 11 is 4.55. The molecule has 68 valence electrons. The summed E-state index contributed by atoms with van der Waals surface area (Å²) in [7, 11) is 0. The van der Waals surface area contributed by atoms with E-state index in [1.807, 2.05) is 0 Å². The van der Waals surface area contributed by atoms with Crippen molar-refractivity contribution in [3.63, 3.8) is 0 Å². The van der Waals surface area contributed by atoms with Crippen molar-refractivity contribution in [1.82, 2.24) is 5.32 Å². The fraction of sp³-hybridized carbons (Fsp3) is 0.636. The Kier molecular flexibility index (Phi) is 4.22. The van der Waals surface area contributed by atoms with Crippen molar-refractivity contribution in [2.24, 2.45) is 0 Å². The molecule has 1 aliphatic carbocycles. The normalized spacial score (nSPS) is 20.9. The summed E-state index contributed by atoms with van der Waals surface area (Å²) < 4.78 is 0.155. The summed E-state index contributed by atoms with van der Waals surface area (Å²) in [5.41, 5.74) is 1.68. The Bertz CT molecular complexity index is 263. The van der Waals surface area contributed by atoms with Crippen LogP contribution in [0.1, 0.15) is 27.2 Å². The fourth-order valence-electron chi connectivity index (χ4n) is 2.08. The maximum atomic E-state index is 3.72. The molecule has 0 aromatic heterocycles. The molecule has 0 aliphatic heterocycles. The molecule has 0 radical (unpaired) electrons. The van der Waals surface area contributed by atoms with Crippen molar-refractivity contribution < 1.29 is 0 Å². The quantitative estimate of drug-likeness (QED) is 0.647. The molecule has 1 rings (SSSR count). The zero-order chi connectivity index (χ0) is 10.8. The first-order chi connectivity index (χ1) is 6.37. The average molecular weight is 177 g/mol. The molecule has 0 spiro atoms. The van der Waals surface area contributed by atoms with E-state index in [4.69, 9.17) is 0 Å². The Morgan fingerprint density at radius 2 is 2.07 bits per heavy atom. The molecule has 14 heavy (non-hydrogen) atoms. The van der Waals surface area contributed by atoms with Gasteiger partial charge in [0.05, 0.1) is 0 Å². The van der Waals surface area contributed by atoms with Gasteiger partial charge < -0.3 is 0 Å². The Labute approximate surface area is 106 Å². The van der Waals surface area contributed by atoms with Crippen LogP contribution in [0.5, 0.6) is 0 Å². The van der Waals surface area contributed by atoms with Gasteiger partial charge in [0.2, 0.25) is 0 Å². The molecule has 0 aromatic rings. The molecule has 0 heterocycles. The van der Waals surface area contributed by atoms with Gasteiger partial charge in [-0.15, -0.1) is 0 Å². The summed E-state index contributed by atoms with van der Waals surface area (Å²) in [6, 6.07) is 0. The van der Waals surface area contributed by atoms with Crippen LogP contribution >= 0.6 is 0 Å². The van der Waals surface area contributed by atoms with Crippen LogP contribution < -0.4 is 5.32 Å². The van der Waals surface area contributed by atoms with E-state index in [1.54, 1.807) is 0 Å². The summed E-state index contributed by atoms with van der Waals surface area (Å²) in [4.78, 5) is 0. The van der Waals surface area contributed by atoms with E-state index in [1.165, 1.54) is 5.57 Å². The van der Waals surface area contributed by atoms with E-state index in [9.17, 15) is 0 Å². The number of allylic oxidation sites excluding steroid dienone is 3. The van der Waals surface area contributed by atoms with Crippen LogP contribution in [-0.2, 0) is 0 Å². The summed E-state index contributed by atoms with van der Waals surface area (Å²) in [5, 5.41) is 4.85. The van der Waals surface area contributed by atoms with E-state index in [0.717, 1.165) is 11.5 Å². The minimum atomic E-state index is 0.155. The molecule has 1 unspecified atom stereocenters. The molecule has 3 heteroatoms. The van der Waals surface area contributed by atoms with Crippen LogP contribution in [0.2, 0.25) is 5.09 Å². The molecule has 1 aliphatic rings. The maximum absolute atomic E-state index is 3.72. The van der Waals surface area contributed by atoms with E-state index in [2.05, 4.69) is 79.7 Å². The monoisotopic (exact) mass is 177 g/mol. The molecule has 1 atom stereocenters. The van der Waals surface area contributed by atoms with Crippen molar-refractivity contribution in [3.05, 3.63) is 23.8 Å². The van der Waals surface area contributed by atoms with Crippen LogP contribution in [0.3, 0.4) is 0 Å². The number of nitrogens with one attached hydrogen (secondary N) is 1. The fourth-order valence-corrected chi connectivity index (χ4v) is 2.08. The summed E-state index contributed by atoms with van der Waals surface area (Å²) in [5.74, 6) is 0. The van der Waals surface area contributed by atoms with E-state index >= 15 is 0 Å². The minimum absolute atomic E-state index is 0.155. The number of rotatable bonds is 3. The molecule has 0 bridgehead atoms. The molecule has 0 fully saturated rings. The summed E-state index contributed by atoms with van der Waals surface area (Å²) in [6.45, 7) is 6.68. The third kappa shape index (κ3) is 3.34. The van der Waals surface area contributed by atoms with Crippen LogP contribution in [0.25, 0.3) is 0 Å². The third-order valence-corrected chi connectivity index (χ3v) is 2.84. The van der Waals surface area contributed by atoms with Gasteiger partial charge in [-0.3, -0.25) is 0 Å². The predicted octanol–water partition coefficient (Wildman–Crippen LogP) is 1.71. The first-order valence-corrected chi connectivity index (χ1v) is 5.53. The standard InChI is InChI=1S/C11H17N.2Li/c1-9(12-11(2,3)4)10-7-5-6-8-10;;/h5-7,12H,1,8H2,2-4H3;;. The molecule has 1 N–H and O–H groups in total. The van der Waals surface area contributed by atoms with Crippen molar-refractivity contribution in [3.8, 4) is 0 Å². The topological polar surface area (TPSA) is 12.0 Å². The van der Waals surface area contributed by atoms with Gasteiger partial charge in [-0.25, -0.2) is 0 Å². The molecule has 0 amide bonds. The third-order valence-electron chi connectivity index (χ3n) is 2.84. The average Bonchev–Trinajstić information content (AvgIpc) is 2.53. The zero-order valence-electron chi connectivity index (χ0n) is 10.1. The van der Waals surface area contributed by atoms with Crippen molar-refractivity contribution in [2.75, 3.05) is 0 Å². The Morgan fingerprint density at radius 1 is 1.43 bits per heavy atom. The summed E-state index contributed by atoms with van der Waals surface area (Å²) in [6.07, 6.45) is 7.75. The van der Waals surface area contributed by atoms with E-state index in [0.29, 0.717) is 0 Å². The van der Waals surface area contributed by atoms with Crippen LogP contribution in [-0.4, -0.2) is 45.2 Å².